The van der Waals surface area contributed by atoms with E-state index in [2.05, 4.69) is 6.92 Å². The first-order valence-corrected chi connectivity index (χ1v) is 8.87. The van der Waals surface area contributed by atoms with Crippen LogP contribution in [0.1, 0.15) is 96.8 Å². The molecule has 0 aromatic heterocycles. The highest BCUT2D eigenvalue weighted by molar-refractivity contribution is 6.63. The number of rotatable bonds is 15. The lowest BCUT2D eigenvalue weighted by molar-refractivity contribution is -0.111. The number of hydrogen-bond acceptors (Lipinski definition) is 1. The van der Waals surface area contributed by atoms with Crippen LogP contribution in [0.2, 0.25) is 0 Å². The predicted octanol–water partition coefficient (Wildman–Crippen LogP) is 6.57. The summed E-state index contributed by atoms with van der Waals surface area (Å²) in [5, 5.41) is -0.218. The van der Waals surface area contributed by atoms with Crippen molar-refractivity contribution in [2.75, 3.05) is 0 Å². The zero-order chi connectivity index (χ0) is 15.1. The normalized spacial score (nSPS) is 12.6. The van der Waals surface area contributed by atoms with Gasteiger partial charge in [0.2, 0.25) is 5.24 Å². The van der Waals surface area contributed by atoms with Gasteiger partial charge in [0.1, 0.15) is 6.17 Å². The predicted molar refractivity (Wildman–Crippen MR) is 86.1 cm³/mol. The Labute approximate surface area is 129 Å². The molecule has 0 rings (SSSR count). The minimum atomic E-state index is -0.574. The molecule has 0 bridgehead atoms. The van der Waals surface area contributed by atoms with Crippen molar-refractivity contribution >= 4 is 16.8 Å². The smallest absolute Gasteiger partial charge is 0.221 e. The van der Waals surface area contributed by atoms with Crippen molar-refractivity contribution in [3.8, 4) is 0 Å². The first kappa shape index (κ1) is 19.9. The maximum Gasteiger partial charge on any atom is 0.221 e. The van der Waals surface area contributed by atoms with Gasteiger partial charge < -0.3 is 0 Å². The summed E-state index contributed by atoms with van der Waals surface area (Å²) in [6.07, 6.45) is 13.9. The molecule has 0 aliphatic carbocycles. The summed E-state index contributed by atoms with van der Waals surface area (Å²) in [7, 11) is 0. The van der Waals surface area contributed by atoms with Crippen LogP contribution in [0.5, 0.6) is 0 Å². The molecule has 0 fully saturated rings. The van der Waals surface area contributed by atoms with Gasteiger partial charge in [-0.3, -0.25) is 4.79 Å². The topological polar surface area (TPSA) is 17.1 Å². The zero-order valence-corrected chi connectivity index (χ0v) is 13.9. The molecule has 0 aliphatic heterocycles. The highest BCUT2D eigenvalue weighted by Crippen LogP contribution is 2.15. The van der Waals surface area contributed by atoms with E-state index in [9.17, 15) is 9.18 Å². The van der Waals surface area contributed by atoms with E-state index in [1.165, 1.54) is 32.1 Å². The average Bonchev–Trinajstić information content (AvgIpc) is 2.41. The van der Waals surface area contributed by atoms with E-state index >= 15 is 0 Å². The highest BCUT2D eigenvalue weighted by atomic mass is 35.5. The fourth-order valence-corrected chi connectivity index (χ4v) is 2.58. The molecule has 0 aromatic carbocycles. The summed E-state index contributed by atoms with van der Waals surface area (Å²) < 4.78 is 13.5. The fourth-order valence-electron chi connectivity index (χ4n) is 2.45. The molecule has 0 radical (unpaired) electrons. The standard InChI is InChI=1S/C17H32ClFO/c1-2-3-10-13-16(19)14-11-8-6-4-5-7-9-12-15-17(18)20/h16H,2-15H2,1H3. The van der Waals surface area contributed by atoms with E-state index in [0.717, 1.165) is 51.4 Å². The van der Waals surface area contributed by atoms with E-state index in [1.54, 1.807) is 0 Å². The molecule has 3 heteroatoms. The summed E-state index contributed by atoms with van der Waals surface area (Å²) in [5.41, 5.74) is 0. The minimum Gasteiger partial charge on any atom is -0.281 e. The third kappa shape index (κ3) is 15.9. The maximum atomic E-state index is 13.5. The zero-order valence-electron chi connectivity index (χ0n) is 13.1. The van der Waals surface area contributed by atoms with Gasteiger partial charge in [0, 0.05) is 6.42 Å². The minimum absolute atomic E-state index is 0.218. The highest BCUT2D eigenvalue weighted by Gasteiger charge is 2.05. The quantitative estimate of drug-likeness (QED) is 0.247. The van der Waals surface area contributed by atoms with Gasteiger partial charge in [-0.15, -0.1) is 0 Å². The lowest BCUT2D eigenvalue weighted by Gasteiger charge is -2.07. The van der Waals surface area contributed by atoms with Gasteiger partial charge in [0.15, 0.2) is 0 Å². The second-order valence-electron chi connectivity index (χ2n) is 5.82. The van der Waals surface area contributed by atoms with Crippen LogP contribution in [-0.2, 0) is 4.79 Å². The van der Waals surface area contributed by atoms with Crippen LogP contribution in [0.15, 0.2) is 0 Å². The number of carbonyl (C=O) groups excluding carboxylic acids is 1. The Kier molecular flexibility index (Phi) is 15.2. The molecule has 0 amide bonds. The Morgan fingerprint density at radius 1 is 0.850 bits per heavy atom. The lowest BCUT2D eigenvalue weighted by atomic mass is 10.0. The molecule has 1 nitrogen and oxygen atoms in total. The Hall–Kier alpha value is -0.110. The first-order chi connectivity index (χ1) is 9.66. The second kappa shape index (κ2) is 15.3. The number of hydrogen-bond donors (Lipinski definition) is 0. The van der Waals surface area contributed by atoms with Gasteiger partial charge in [0.05, 0.1) is 0 Å². The van der Waals surface area contributed by atoms with Crippen LogP contribution < -0.4 is 0 Å². The van der Waals surface area contributed by atoms with E-state index in [-0.39, 0.29) is 5.24 Å². The second-order valence-corrected chi connectivity index (χ2v) is 6.24. The summed E-state index contributed by atoms with van der Waals surface area (Å²) in [6.45, 7) is 2.15. The van der Waals surface area contributed by atoms with Crippen molar-refractivity contribution in [3.05, 3.63) is 0 Å². The van der Waals surface area contributed by atoms with Gasteiger partial charge in [-0.1, -0.05) is 71.1 Å². The Morgan fingerprint density at radius 3 is 1.80 bits per heavy atom. The van der Waals surface area contributed by atoms with Gasteiger partial charge in [0.25, 0.3) is 0 Å². The van der Waals surface area contributed by atoms with E-state index in [1.807, 2.05) is 0 Å². The number of halogens is 2. The molecular weight excluding hydrogens is 275 g/mol. The van der Waals surface area contributed by atoms with Crippen molar-refractivity contribution in [2.24, 2.45) is 0 Å². The number of alkyl halides is 1. The molecule has 0 saturated heterocycles. The number of carbonyl (C=O) groups is 1. The van der Waals surface area contributed by atoms with Crippen LogP contribution >= 0.6 is 11.6 Å². The van der Waals surface area contributed by atoms with Gasteiger partial charge in [-0.2, -0.15) is 0 Å². The lowest BCUT2D eigenvalue weighted by Crippen LogP contribution is -1.99. The van der Waals surface area contributed by atoms with Crippen LogP contribution in [0.3, 0.4) is 0 Å². The largest absolute Gasteiger partial charge is 0.281 e. The molecule has 1 unspecified atom stereocenters. The van der Waals surface area contributed by atoms with Crippen molar-refractivity contribution in [3.63, 3.8) is 0 Å². The van der Waals surface area contributed by atoms with Crippen LogP contribution in [0.25, 0.3) is 0 Å². The monoisotopic (exact) mass is 306 g/mol. The Morgan fingerprint density at radius 2 is 1.30 bits per heavy atom. The Balaban J connectivity index is 3.10. The molecule has 0 aromatic rings. The summed E-state index contributed by atoms with van der Waals surface area (Å²) in [6, 6.07) is 0. The van der Waals surface area contributed by atoms with Crippen molar-refractivity contribution in [1.29, 1.82) is 0 Å². The Bertz CT molecular complexity index is 221. The van der Waals surface area contributed by atoms with E-state index in [4.69, 9.17) is 11.6 Å². The van der Waals surface area contributed by atoms with Gasteiger partial charge in [-0.25, -0.2) is 4.39 Å². The van der Waals surface area contributed by atoms with Crippen molar-refractivity contribution < 1.29 is 9.18 Å². The molecule has 0 spiro atoms. The molecular formula is C17H32ClFO. The summed E-state index contributed by atoms with van der Waals surface area (Å²) in [5.74, 6) is 0. The van der Waals surface area contributed by atoms with Crippen molar-refractivity contribution in [2.45, 2.75) is 103 Å². The molecule has 1 atom stereocenters. The van der Waals surface area contributed by atoms with Crippen molar-refractivity contribution in [1.82, 2.24) is 0 Å². The van der Waals surface area contributed by atoms with E-state index < -0.39 is 6.17 Å². The van der Waals surface area contributed by atoms with Crippen LogP contribution in [0, 0.1) is 0 Å². The van der Waals surface area contributed by atoms with Crippen LogP contribution in [0.4, 0.5) is 4.39 Å². The first-order valence-electron chi connectivity index (χ1n) is 8.49. The maximum absolute atomic E-state index is 13.5. The summed E-state index contributed by atoms with van der Waals surface area (Å²) in [4.78, 5) is 10.5. The molecule has 0 saturated carbocycles. The third-order valence-corrected chi connectivity index (χ3v) is 3.95. The summed E-state index contributed by atoms with van der Waals surface area (Å²) >= 11 is 5.27. The van der Waals surface area contributed by atoms with E-state index in [0.29, 0.717) is 6.42 Å². The van der Waals surface area contributed by atoms with Crippen LogP contribution in [-0.4, -0.2) is 11.4 Å². The third-order valence-electron chi connectivity index (χ3n) is 3.76. The molecule has 20 heavy (non-hydrogen) atoms. The SMILES string of the molecule is CCCCCC(F)CCCCCCCCCCC(=O)Cl. The fraction of sp³-hybridized carbons (Fsp3) is 0.941. The molecule has 120 valence electrons. The molecule has 0 N–H and O–H groups in total. The number of unbranched alkanes of at least 4 members (excludes halogenated alkanes) is 9. The average molecular weight is 307 g/mol. The molecule has 0 heterocycles. The van der Waals surface area contributed by atoms with Gasteiger partial charge >= 0.3 is 0 Å². The van der Waals surface area contributed by atoms with Gasteiger partial charge in [-0.05, 0) is 30.9 Å². The molecule has 0 aliphatic rings.